The fourth-order valence-corrected chi connectivity index (χ4v) is 7.64. The van der Waals surface area contributed by atoms with E-state index >= 15 is 8.78 Å². The molecule has 3 aromatic carbocycles. The zero-order valence-corrected chi connectivity index (χ0v) is 29.5. The van der Waals surface area contributed by atoms with Crippen molar-refractivity contribution >= 4 is 29.3 Å². The molecular weight excluding hydrogens is 685 g/mol. The summed E-state index contributed by atoms with van der Waals surface area (Å²) in [4.78, 5) is 15.5. The number of halogens is 4. The summed E-state index contributed by atoms with van der Waals surface area (Å²) in [7, 11) is 0. The van der Waals surface area contributed by atoms with E-state index in [-0.39, 0.29) is 34.1 Å². The van der Waals surface area contributed by atoms with E-state index in [9.17, 15) is 15.2 Å². The smallest absolute Gasteiger partial charge is 0.408 e. The summed E-state index contributed by atoms with van der Waals surface area (Å²) >= 11 is 12.4. The van der Waals surface area contributed by atoms with Crippen LogP contribution >= 0.6 is 23.2 Å². The van der Waals surface area contributed by atoms with Crippen LogP contribution < -0.4 is 10.6 Å². The molecule has 12 heteroatoms. The van der Waals surface area contributed by atoms with Crippen molar-refractivity contribution < 1.29 is 28.5 Å². The van der Waals surface area contributed by atoms with E-state index in [0.717, 1.165) is 32.1 Å². The molecule has 0 aromatic heterocycles. The molecule has 266 valence electrons. The number of hydrogen-bond acceptors (Lipinski definition) is 7. The molecule has 4 N–H and O–H groups in total. The van der Waals surface area contributed by atoms with Gasteiger partial charge in [0.2, 0.25) is 0 Å². The molecule has 2 aliphatic rings. The lowest BCUT2D eigenvalue weighted by Gasteiger charge is -2.40. The van der Waals surface area contributed by atoms with Crippen molar-refractivity contribution in [1.82, 2.24) is 15.5 Å². The van der Waals surface area contributed by atoms with Crippen LogP contribution in [0, 0.1) is 28.4 Å². The molecule has 0 radical (unpaired) electrons. The summed E-state index contributed by atoms with van der Waals surface area (Å²) in [6.07, 6.45) is 0.0851. The Kier molecular flexibility index (Phi) is 12.2. The second-order valence-electron chi connectivity index (χ2n) is 13.6. The number of hydrogen-bond donors (Lipinski definition) is 4. The number of ether oxygens (including phenoxy) is 1. The molecule has 1 fully saturated rings. The van der Waals surface area contributed by atoms with Crippen LogP contribution in [0.3, 0.4) is 0 Å². The molecule has 8 nitrogen and oxygen atoms in total. The second kappa shape index (κ2) is 16.2. The minimum Gasteiger partial charge on any atom is -0.430 e. The van der Waals surface area contributed by atoms with Gasteiger partial charge in [-0.3, -0.25) is 10.2 Å². The van der Waals surface area contributed by atoms with E-state index < -0.39 is 59.5 Å². The van der Waals surface area contributed by atoms with Crippen molar-refractivity contribution in [3.05, 3.63) is 117 Å². The van der Waals surface area contributed by atoms with E-state index in [1.165, 1.54) is 41.5 Å². The Balaban J connectivity index is 1.53. The highest BCUT2D eigenvalue weighted by atomic mass is 35.5. The average molecular weight is 728 g/mol. The normalized spacial score (nSPS) is 23.2. The van der Waals surface area contributed by atoms with E-state index in [1.54, 1.807) is 0 Å². The van der Waals surface area contributed by atoms with Crippen molar-refractivity contribution in [3.63, 3.8) is 0 Å². The number of aliphatic hydroxyl groups is 2. The maximum Gasteiger partial charge on any atom is 0.408 e. The number of rotatable bonds is 12. The number of aliphatic hydroxyl groups excluding tert-OH is 2. The molecule has 0 spiro atoms. The quantitative estimate of drug-likeness (QED) is 0.151. The van der Waals surface area contributed by atoms with Gasteiger partial charge in [-0.25, -0.2) is 13.6 Å². The Hall–Kier alpha value is -3.56. The number of nitrogens with zero attached hydrogens (tertiary/aromatic N) is 2. The first-order valence-corrected chi connectivity index (χ1v) is 17.4. The molecule has 3 aromatic rings. The lowest BCUT2D eigenvalue weighted by Crippen LogP contribution is -2.46. The van der Waals surface area contributed by atoms with E-state index in [0.29, 0.717) is 6.42 Å². The number of carbonyl (C=O) groups excluding carboxylic acids is 1. The summed E-state index contributed by atoms with van der Waals surface area (Å²) < 4.78 is 37.9. The number of nitriles is 1. The van der Waals surface area contributed by atoms with Gasteiger partial charge in [-0.15, -0.1) is 0 Å². The SMILES string of the molecule is CC(C)(C[C@@H]1N[C@H](OC(=O)NCC[C@H](O)CO)[C@H](c2cccc(Cl)c2F)[C@@]1(C#N)c1ccc(Cl)cc1F)C1=CCN(Cc2ccccc2)CC1. The third-order valence-electron chi connectivity index (χ3n) is 9.90. The van der Waals surface area contributed by atoms with Crippen LogP contribution in [-0.2, 0) is 16.7 Å². The molecule has 5 rings (SSSR count). The molecule has 0 aliphatic carbocycles. The number of nitrogens with one attached hydrogen (secondary N) is 2. The van der Waals surface area contributed by atoms with Gasteiger partial charge in [0.05, 0.1) is 29.7 Å². The lowest BCUT2D eigenvalue weighted by molar-refractivity contribution is 0.0684. The summed E-state index contributed by atoms with van der Waals surface area (Å²) in [6, 6.07) is 20.1. The third kappa shape index (κ3) is 8.15. The molecule has 2 aliphatic heterocycles. The first-order chi connectivity index (χ1) is 23.9. The van der Waals surface area contributed by atoms with Gasteiger partial charge in [-0.05, 0) is 54.0 Å². The van der Waals surface area contributed by atoms with Crippen LogP contribution in [0.5, 0.6) is 0 Å². The van der Waals surface area contributed by atoms with Crippen molar-refractivity contribution in [3.8, 4) is 6.07 Å². The van der Waals surface area contributed by atoms with Crippen molar-refractivity contribution in [1.29, 1.82) is 5.26 Å². The van der Waals surface area contributed by atoms with Gasteiger partial charge in [0, 0.05) is 42.8 Å². The molecule has 50 heavy (non-hydrogen) atoms. The van der Waals surface area contributed by atoms with Crippen LogP contribution in [0.2, 0.25) is 10.0 Å². The van der Waals surface area contributed by atoms with Crippen LogP contribution in [-0.4, -0.2) is 65.8 Å². The second-order valence-corrected chi connectivity index (χ2v) is 14.5. The summed E-state index contributed by atoms with van der Waals surface area (Å²) in [5.74, 6) is -2.82. The number of carbonyl (C=O) groups is 1. The zero-order chi connectivity index (χ0) is 36.1. The number of amides is 1. The average Bonchev–Trinajstić information content (AvgIpc) is 3.38. The molecule has 1 saturated heterocycles. The van der Waals surface area contributed by atoms with Crippen molar-refractivity contribution in [2.24, 2.45) is 5.41 Å². The molecule has 1 amide bonds. The van der Waals surface area contributed by atoms with Crippen LogP contribution in [0.25, 0.3) is 0 Å². The maximum absolute atomic E-state index is 16.1. The molecule has 0 bridgehead atoms. The Labute approximate surface area is 301 Å². The largest absolute Gasteiger partial charge is 0.430 e. The third-order valence-corrected chi connectivity index (χ3v) is 10.4. The summed E-state index contributed by atoms with van der Waals surface area (Å²) in [5.41, 5.74) is 0.0265. The monoisotopic (exact) mass is 726 g/mol. The lowest BCUT2D eigenvalue weighted by atomic mass is 9.62. The van der Waals surface area contributed by atoms with Gasteiger partial charge in [-0.1, -0.05) is 97.2 Å². The first-order valence-electron chi connectivity index (χ1n) is 16.7. The minimum atomic E-state index is -1.80. The fraction of sp³-hybridized carbons (Fsp3) is 0.421. The number of alkyl carbamates (subject to hydrolysis) is 1. The van der Waals surface area contributed by atoms with Gasteiger partial charge in [0.15, 0.2) is 6.23 Å². The standard InChI is InChI=1S/C38H42Cl2F2N4O4/c1-37(2,25-14-17-46(18-15-25)21-24-7-4-3-5-8-24)20-32-38(23-43,29-12-11-26(39)19-31(29)41)33(28-9-6-10-30(40)34(28)42)35(45-32)50-36(49)44-16-13-27(48)22-47/h3-12,14,19,27,32-33,35,45,47-48H,13,15-18,20-22H2,1-2H3,(H,44,49)/t27-,32-,33-,35+,38-/m0/s1. The molecule has 5 atom stereocenters. The van der Waals surface area contributed by atoms with Gasteiger partial charge in [0.1, 0.15) is 17.0 Å². The zero-order valence-electron chi connectivity index (χ0n) is 28.0. The Morgan fingerprint density at radius 3 is 2.60 bits per heavy atom. The van der Waals surface area contributed by atoms with Crippen LogP contribution in [0.4, 0.5) is 13.6 Å². The predicted octanol–water partition coefficient (Wildman–Crippen LogP) is 6.83. The van der Waals surface area contributed by atoms with Gasteiger partial charge < -0.3 is 20.3 Å². The number of benzene rings is 3. The van der Waals surface area contributed by atoms with Gasteiger partial charge in [0.25, 0.3) is 0 Å². The van der Waals surface area contributed by atoms with Crippen molar-refractivity contribution in [2.75, 3.05) is 26.2 Å². The topological polar surface area (TPSA) is 118 Å². The van der Waals surface area contributed by atoms with E-state index in [4.69, 9.17) is 33.0 Å². The molecule has 2 heterocycles. The highest BCUT2D eigenvalue weighted by molar-refractivity contribution is 6.31. The van der Waals surface area contributed by atoms with E-state index in [1.807, 2.05) is 18.2 Å². The molecule has 0 unspecified atom stereocenters. The van der Waals surface area contributed by atoms with Gasteiger partial charge in [-0.2, -0.15) is 5.26 Å². The summed E-state index contributed by atoms with van der Waals surface area (Å²) in [6.45, 7) is 6.00. The molecule has 0 saturated carbocycles. The maximum atomic E-state index is 16.1. The van der Waals surface area contributed by atoms with Crippen molar-refractivity contribution in [2.45, 2.75) is 69.4 Å². The Bertz CT molecular complexity index is 1740. The fourth-order valence-electron chi connectivity index (χ4n) is 7.30. The van der Waals surface area contributed by atoms with Crippen LogP contribution in [0.15, 0.2) is 78.4 Å². The highest BCUT2D eigenvalue weighted by Crippen LogP contribution is 2.54. The Morgan fingerprint density at radius 2 is 1.94 bits per heavy atom. The summed E-state index contributed by atoms with van der Waals surface area (Å²) in [5, 5.41) is 35.8. The predicted molar refractivity (Wildman–Crippen MR) is 189 cm³/mol. The van der Waals surface area contributed by atoms with Gasteiger partial charge >= 0.3 is 6.09 Å². The van der Waals surface area contributed by atoms with Crippen LogP contribution in [0.1, 0.15) is 55.7 Å². The highest BCUT2D eigenvalue weighted by Gasteiger charge is 2.61. The Morgan fingerprint density at radius 1 is 1.18 bits per heavy atom. The first kappa shape index (κ1) is 37.7. The molecular formula is C38H42Cl2F2N4O4. The van der Waals surface area contributed by atoms with E-state index in [2.05, 4.69) is 53.7 Å². The minimum absolute atomic E-state index is 0.0219.